The van der Waals surface area contributed by atoms with Gasteiger partial charge >= 0.3 is 0 Å². The van der Waals surface area contributed by atoms with E-state index in [-0.39, 0.29) is 32.1 Å². The molecule has 2 heterocycles. The first-order valence-corrected chi connectivity index (χ1v) is 7.74. The minimum absolute atomic E-state index is 0. The maximum absolute atomic E-state index is 9.18. The number of nitrogens with two attached hydrogens (primary N) is 1. The average Bonchev–Trinajstić information content (AvgIpc) is 2.55. The lowest BCUT2D eigenvalue weighted by Gasteiger charge is -2.19. The van der Waals surface area contributed by atoms with Crippen LogP contribution >= 0.6 is 13.5 Å². The summed E-state index contributed by atoms with van der Waals surface area (Å²) < 4.78 is 5.80. The van der Waals surface area contributed by atoms with Gasteiger partial charge in [-0.05, 0) is 30.5 Å². The third kappa shape index (κ3) is 6.21. The van der Waals surface area contributed by atoms with Crippen LogP contribution in [0, 0.1) is 0 Å². The number of pyridine rings is 1. The molecule has 0 spiro atoms. The lowest BCUT2D eigenvalue weighted by molar-refractivity contribution is 0.275. The minimum atomic E-state index is 0. The summed E-state index contributed by atoms with van der Waals surface area (Å²) in [5.74, 6) is 1.27. The van der Waals surface area contributed by atoms with Crippen molar-refractivity contribution in [2.75, 3.05) is 17.7 Å². The summed E-state index contributed by atoms with van der Waals surface area (Å²) in [6, 6.07) is 3.89. The van der Waals surface area contributed by atoms with E-state index in [1.807, 2.05) is 12.1 Å². The van der Waals surface area contributed by atoms with E-state index in [2.05, 4.69) is 27.2 Å². The molecule has 7 nitrogen and oxygen atoms in total. The maximum atomic E-state index is 9.18. The highest BCUT2D eigenvalue weighted by Gasteiger charge is 2.13. The van der Waals surface area contributed by atoms with Gasteiger partial charge in [-0.15, -0.1) is 0 Å². The second kappa shape index (κ2) is 10.7. The van der Waals surface area contributed by atoms with Crippen LogP contribution in [-0.4, -0.2) is 32.7 Å². The van der Waals surface area contributed by atoms with Crippen molar-refractivity contribution >= 4 is 25.3 Å². The molecule has 0 aliphatic heterocycles. The van der Waals surface area contributed by atoms with Gasteiger partial charge < -0.3 is 20.9 Å². The molecule has 2 aromatic heterocycles. The highest BCUT2D eigenvalue weighted by Crippen LogP contribution is 2.24. The molecule has 0 saturated carbocycles. The minimum Gasteiger partial charge on any atom is -0.483 e. The molecule has 2 aromatic rings. The summed E-state index contributed by atoms with van der Waals surface area (Å²) in [5.41, 5.74) is 6.69. The topological polar surface area (TPSA) is 106 Å². The predicted octanol–water partition coefficient (Wildman–Crippen LogP) is 2.11. The molecule has 0 saturated heterocycles. The van der Waals surface area contributed by atoms with Gasteiger partial charge in [-0.2, -0.15) is 18.5 Å². The second-order valence-electron chi connectivity index (χ2n) is 5.23. The number of nitrogens with zero attached hydrogens (tertiary/aromatic N) is 3. The van der Waals surface area contributed by atoms with Gasteiger partial charge in [0.15, 0.2) is 11.6 Å². The fourth-order valence-corrected chi connectivity index (χ4v) is 2.22. The first-order chi connectivity index (χ1) is 11.2. The maximum Gasteiger partial charge on any atom is 0.222 e. The van der Waals surface area contributed by atoms with Gasteiger partial charge in [-0.3, -0.25) is 4.98 Å². The van der Waals surface area contributed by atoms with Crippen LogP contribution in [0.1, 0.15) is 31.7 Å². The zero-order valence-electron chi connectivity index (χ0n) is 13.8. The third-order valence-corrected chi connectivity index (χ3v) is 3.37. The van der Waals surface area contributed by atoms with E-state index < -0.39 is 0 Å². The van der Waals surface area contributed by atoms with Crippen molar-refractivity contribution in [3.8, 4) is 5.75 Å². The summed E-state index contributed by atoms with van der Waals surface area (Å²) in [6.07, 6.45) is 7.57. The summed E-state index contributed by atoms with van der Waals surface area (Å²) in [4.78, 5) is 12.2. The SMILES string of the molecule is CCC[C@@H](CCO)Nc1nc(N)ncc1OCc1ccncc1.S. The summed E-state index contributed by atoms with van der Waals surface area (Å²) in [7, 11) is 0. The fourth-order valence-electron chi connectivity index (χ4n) is 2.22. The molecule has 0 unspecified atom stereocenters. The molecule has 1 atom stereocenters. The Morgan fingerprint density at radius 2 is 2.04 bits per heavy atom. The highest BCUT2D eigenvalue weighted by molar-refractivity contribution is 7.59. The van der Waals surface area contributed by atoms with Crippen LogP contribution in [0.2, 0.25) is 0 Å². The van der Waals surface area contributed by atoms with Crippen molar-refractivity contribution in [1.82, 2.24) is 15.0 Å². The van der Waals surface area contributed by atoms with E-state index in [1.165, 1.54) is 0 Å². The van der Waals surface area contributed by atoms with Crippen molar-refractivity contribution in [3.05, 3.63) is 36.3 Å². The predicted molar refractivity (Wildman–Crippen MR) is 99.4 cm³/mol. The first kappa shape index (κ1) is 20.0. The highest BCUT2D eigenvalue weighted by atomic mass is 32.1. The van der Waals surface area contributed by atoms with Crippen LogP contribution in [0.4, 0.5) is 11.8 Å². The Morgan fingerprint density at radius 3 is 2.71 bits per heavy atom. The van der Waals surface area contributed by atoms with E-state index in [0.717, 1.165) is 18.4 Å². The number of hydrogen-bond donors (Lipinski definition) is 3. The Morgan fingerprint density at radius 1 is 1.29 bits per heavy atom. The molecule has 4 N–H and O–H groups in total. The van der Waals surface area contributed by atoms with Crippen LogP contribution in [0.3, 0.4) is 0 Å². The lowest BCUT2D eigenvalue weighted by Crippen LogP contribution is -2.22. The number of aliphatic hydroxyl groups is 1. The molecule has 0 aliphatic rings. The van der Waals surface area contributed by atoms with Gasteiger partial charge in [0, 0.05) is 25.0 Å². The van der Waals surface area contributed by atoms with Crippen LogP contribution in [0.15, 0.2) is 30.7 Å². The molecule has 0 radical (unpaired) electrons. The Labute approximate surface area is 149 Å². The van der Waals surface area contributed by atoms with Crippen LogP contribution in [-0.2, 0) is 6.61 Å². The largest absolute Gasteiger partial charge is 0.483 e. The van der Waals surface area contributed by atoms with E-state index >= 15 is 0 Å². The van der Waals surface area contributed by atoms with Gasteiger partial charge in [-0.1, -0.05) is 13.3 Å². The molecule has 0 bridgehead atoms. The molecule has 0 fully saturated rings. The second-order valence-corrected chi connectivity index (χ2v) is 5.23. The number of rotatable bonds is 9. The van der Waals surface area contributed by atoms with E-state index in [1.54, 1.807) is 18.6 Å². The van der Waals surface area contributed by atoms with Crippen LogP contribution in [0.5, 0.6) is 5.75 Å². The van der Waals surface area contributed by atoms with Crippen molar-refractivity contribution in [2.45, 2.75) is 38.8 Å². The van der Waals surface area contributed by atoms with E-state index in [4.69, 9.17) is 10.5 Å². The summed E-state index contributed by atoms with van der Waals surface area (Å²) >= 11 is 0. The fraction of sp³-hybridized carbons (Fsp3) is 0.438. The van der Waals surface area contributed by atoms with Crippen molar-refractivity contribution in [2.24, 2.45) is 0 Å². The smallest absolute Gasteiger partial charge is 0.222 e. The summed E-state index contributed by atoms with van der Waals surface area (Å²) in [6.45, 7) is 2.61. The average molecular weight is 351 g/mol. The van der Waals surface area contributed by atoms with Crippen molar-refractivity contribution in [1.29, 1.82) is 0 Å². The number of anilines is 2. The molecule has 0 amide bonds. The Hall–Kier alpha value is -2.06. The summed E-state index contributed by atoms with van der Waals surface area (Å²) in [5, 5.41) is 12.5. The lowest BCUT2D eigenvalue weighted by atomic mass is 10.1. The van der Waals surface area contributed by atoms with Crippen LogP contribution in [0.25, 0.3) is 0 Å². The standard InChI is InChI=1S/C16H23N5O2.H2S/c1-2-3-13(6-9-22)20-15-14(10-19-16(17)21-15)23-11-12-4-7-18-8-5-12;/h4-5,7-8,10,13,22H,2-3,6,9,11H2,1H3,(H3,17,19,20,21);1H2/t13-;/m0./s1. The molecule has 2 rings (SSSR count). The van der Waals surface area contributed by atoms with Crippen molar-refractivity contribution < 1.29 is 9.84 Å². The van der Waals surface area contributed by atoms with Gasteiger partial charge in [-0.25, -0.2) is 4.98 Å². The van der Waals surface area contributed by atoms with E-state index in [9.17, 15) is 5.11 Å². The zero-order valence-corrected chi connectivity index (χ0v) is 14.8. The molecule has 0 aromatic carbocycles. The number of ether oxygens (including phenoxy) is 1. The zero-order chi connectivity index (χ0) is 16.5. The van der Waals surface area contributed by atoms with Gasteiger partial charge in [0.05, 0.1) is 6.20 Å². The Kier molecular flexibility index (Phi) is 8.88. The number of nitrogen functional groups attached to an aromatic ring is 1. The van der Waals surface area contributed by atoms with Crippen molar-refractivity contribution in [3.63, 3.8) is 0 Å². The van der Waals surface area contributed by atoms with Crippen LogP contribution < -0.4 is 15.8 Å². The normalized spacial score (nSPS) is 11.4. The molecule has 8 heteroatoms. The first-order valence-electron chi connectivity index (χ1n) is 7.74. The molecular formula is C16H25N5O2S. The van der Waals surface area contributed by atoms with Gasteiger partial charge in [0.2, 0.25) is 5.95 Å². The molecular weight excluding hydrogens is 326 g/mol. The number of aliphatic hydroxyl groups excluding tert-OH is 1. The molecule has 132 valence electrons. The quantitative estimate of drug-likeness (QED) is 0.635. The monoisotopic (exact) mass is 351 g/mol. The Bertz CT molecular complexity index is 594. The Balaban J connectivity index is 0.00000288. The third-order valence-electron chi connectivity index (χ3n) is 3.37. The number of nitrogens with one attached hydrogen (secondary N) is 1. The molecule has 0 aliphatic carbocycles. The van der Waals surface area contributed by atoms with E-state index in [0.29, 0.717) is 24.6 Å². The molecule has 24 heavy (non-hydrogen) atoms. The number of hydrogen-bond acceptors (Lipinski definition) is 7. The number of aromatic nitrogens is 3. The van der Waals surface area contributed by atoms with Gasteiger partial charge in [0.1, 0.15) is 6.61 Å². The van der Waals surface area contributed by atoms with Gasteiger partial charge in [0.25, 0.3) is 0 Å².